The van der Waals surface area contributed by atoms with E-state index in [1.54, 1.807) is 0 Å². The Hall–Kier alpha value is -1.60. The van der Waals surface area contributed by atoms with E-state index in [1.807, 2.05) is 0 Å². The van der Waals surface area contributed by atoms with E-state index in [0.717, 1.165) is 25.7 Å². The number of rotatable bonds is 6. The molecule has 0 saturated heterocycles. The average molecular weight is 253 g/mol. The molecule has 0 amide bonds. The number of hydrogen-bond donors (Lipinski definition) is 1. The van der Waals surface area contributed by atoms with Crippen molar-refractivity contribution in [2.24, 2.45) is 5.73 Å². The lowest BCUT2D eigenvalue weighted by Crippen LogP contribution is -2.21. The van der Waals surface area contributed by atoms with E-state index in [0.29, 0.717) is 6.04 Å². The van der Waals surface area contributed by atoms with Gasteiger partial charge in [0, 0.05) is 6.04 Å². The predicted molar refractivity (Wildman–Crippen MR) is 82.2 cm³/mol. The van der Waals surface area contributed by atoms with Crippen LogP contribution in [0.4, 0.5) is 0 Å². The van der Waals surface area contributed by atoms with Crippen LogP contribution in [0.3, 0.4) is 0 Å². The zero-order valence-corrected chi connectivity index (χ0v) is 11.7. The van der Waals surface area contributed by atoms with Crippen LogP contribution in [-0.4, -0.2) is 6.04 Å². The van der Waals surface area contributed by atoms with Gasteiger partial charge in [-0.1, -0.05) is 60.2 Å². The topological polar surface area (TPSA) is 26.0 Å². The Balaban J connectivity index is 1.72. The fourth-order valence-corrected chi connectivity index (χ4v) is 2.25. The molecule has 1 nitrogen and oxygen atoms in total. The van der Waals surface area contributed by atoms with Gasteiger partial charge in [-0.05, 0) is 43.7 Å². The number of benzene rings is 2. The van der Waals surface area contributed by atoms with Gasteiger partial charge in [-0.3, -0.25) is 0 Å². The molecule has 0 aliphatic rings. The molecule has 0 aromatic heterocycles. The summed E-state index contributed by atoms with van der Waals surface area (Å²) >= 11 is 0. The predicted octanol–water partition coefficient (Wildman–Crippen LogP) is 3.89. The third-order valence-electron chi connectivity index (χ3n) is 3.57. The summed E-state index contributed by atoms with van der Waals surface area (Å²) in [6.07, 6.45) is 4.29. The van der Waals surface area contributed by atoms with Crippen LogP contribution in [0.5, 0.6) is 0 Å². The van der Waals surface area contributed by atoms with Crippen LogP contribution in [-0.2, 0) is 12.8 Å². The quantitative estimate of drug-likeness (QED) is 0.830. The summed E-state index contributed by atoms with van der Waals surface area (Å²) in [4.78, 5) is 0. The van der Waals surface area contributed by atoms with Crippen LogP contribution in [0.15, 0.2) is 54.6 Å². The maximum absolute atomic E-state index is 6.20. The number of hydrogen-bond acceptors (Lipinski definition) is 1. The van der Waals surface area contributed by atoms with Crippen molar-refractivity contribution in [2.45, 2.75) is 38.6 Å². The molecule has 2 N–H and O–H groups in total. The minimum atomic E-state index is 0.293. The Labute approximate surface area is 116 Å². The summed E-state index contributed by atoms with van der Waals surface area (Å²) in [6.45, 7) is 2.12. The van der Waals surface area contributed by atoms with Gasteiger partial charge in [-0.2, -0.15) is 0 Å². The minimum absolute atomic E-state index is 0.293. The second-order valence-electron chi connectivity index (χ2n) is 5.31. The first-order chi connectivity index (χ1) is 9.24. The Morgan fingerprint density at radius 1 is 0.789 bits per heavy atom. The molecule has 0 fully saturated rings. The second kappa shape index (κ2) is 7.10. The fourth-order valence-electron chi connectivity index (χ4n) is 2.25. The summed E-state index contributed by atoms with van der Waals surface area (Å²) in [5, 5.41) is 0. The first-order valence-corrected chi connectivity index (χ1v) is 7.09. The van der Waals surface area contributed by atoms with Gasteiger partial charge in [0.05, 0.1) is 0 Å². The molecular weight excluding hydrogens is 230 g/mol. The molecule has 0 heterocycles. The first kappa shape index (κ1) is 13.8. The largest absolute Gasteiger partial charge is 0.328 e. The lowest BCUT2D eigenvalue weighted by molar-refractivity contribution is 0.568. The van der Waals surface area contributed by atoms with Gasteiger partial charge in [0.2, 0.25) is 0 Å². The Kier molecular flexibility index (Phi) is 5.17. The Morgan fingerprint density at radius 3 is 1.89 bits per heavy atom. The van der Waals surface area contributed by atoms with Crippen LogP contribution in [0.1, 0.15) is 29.5 Å². The average Bonchev–Trinajstić information content (AvgIpc) is 2.45. The van der Waals surface area contributed by atoms with Gasteiger partial charge in [0.15, 0.2) is 0 Å². The van der Waals surface area contributed by atoms with Crippen molar-refractivity contribution in [2.75, 3.05) is 0 Å². The van der Waals surface area contributed by atoms with Gasteiger partial charge in [-0.25, -0.2) is 0 Å². The highest BCUT2D eigenvalue weighted by atomic mass is 14.6. The zero-order chi connectivity index (χ0) is 13.5. The number of nitrogens with two attached hydrogens (primary N) is 1. The molecular formula is C18H23N. The summed E-state index contributed by atoms with van der Waals surface area (Å²) in [5.74, 6) is 0. The number of aryl methyl sites for hydroxylation is 3. The molecule has 2 rings (SSSR count). The smallest absolute Gasteiger partial charge is 0.00451 e. The Morgan fingerprint density at radius 2 is 1.32 bits per heavy atom. The van der Waals surface area contributed by atoms with Gasteiger partial charge in [-0.15, -0.1) is 0 Å². The highest BCUT2D eigenvalue weighted by Gasteiger charge is 2.04. The zero-order valence-electron chi connectivity index (χ0n) is 11.7. The van der Waals surface area contributed by atoms with Crippen molar-refractivity contribution in [3.63, 3.8) is 0 Å². The molecule has 0 saturated carbocycles. The third kappa shape index (κ3) is 4.88. The SMILES string of the molecule is Cc1ccc(CCC(N)CCc2ccccc2)cc1. The van der Waals surface area contributed by atoms with E-state index >= 15 is 0 Å². The molecule has 1 unspecified atom stereocenters. The highest BCUT2D eigenvalue weighted by molar-refractivity contribution is 5.21. The van der Waals surface area contributed by atoms with Crippen LogP contribution >= 0.6 is 0 Å². The molecule has 1 atom stereocenters. The van der Waals surface area contributed by atoms with Gasteiger partial charge in [0.25, 0.3) is 0 Å². The molecule has 1 heteroatoms. The monoisotopic (exact) mass is 253 g/mol. The second-order valence-corrected chi connectivity index (χ2v) is 5.31. The minimum Gasteiger partial charge on any atom is -0.328 e. The molecule has 2 aromatic carbocycles. The molecule has 0 radical (unpaired) electrons. The van der Waals surface area contributed by atoms with Gasteiger partial charge >= 0.3 is 0 Å². The molecule has 0 spiro atoms. The fraction of sp³-hybridized carbons (Fsp3) is 0.333. The molecule has 0 aliphatic carbocycles. The van der Waals surface area contributed by atoms with E-state index in [2.05, 4.69) is 61.5 Å². The van der Waals surface area contributed by atoms with Crippen molar-refractivity contribution in [3.8, 4) is 0 Å². The van der Waals surface area contributed by atoms with Gasteiger partial charge in [0.1, 0.15) is 0 Å². The molecule has 0 bridgehead atoms. The summed E-state index contributed by atoms with van der Waals surface area (Å²) in [6, 6.07) is 19.6. The van der Waals surface area contributed by atoms with Crippen LogP contribution in [0.2, 0.25) is 0 Å². The molecule has 0 aliphatic heterocycles. The maximum atomic E-state index is 6.20. The van der Waals surface area contributed by atoms with Crippen molar-refractivity contribution in [1.82, 2.24) is 0 Å². The van der Waals surface area contributed by atoms with E-state index in [-0.39, 0.29) is 0 Å². The third-order valence-corrected chi connectivity index (χ3v) is 3.57. The normalized spacial score (nSPS) is 12.3. The Bertz CT molecular complexity index is 473. The van der Waals surface area contributed by atoms with Crippen LogP contribution in [0.25, 0.3) is 0 Å². The van der Waals surface area contributed by atoms with Crippen molar-refractivity contribution in [1.29, 1.82) is 0 Å². The standard InChI is InChI=1S/C18H23N/c1-15-7-9-17(10-8-15)12-14-18(19)13-11-16-5-3-2-4-6-16/h2-10,18H,11-14,19H2,1H3. The van der Waals surface area contributed by atoms with Crippen molar-refractivity contribution in [3.05, 3.63) is 71.3 Å². The van der Waals surface area contributed by atoms with Crippen molar-refractivity contribution < 1.29 is 0 Å². The van der Waals surface area contributed by atoms with E-state index < -0.39 is 0 Å². The summed E-state index contributed by atoms with van der Waals surface area (Å²) < 4.78 is 0. The lowest BCUT2D eigenvalue weighted by atomic mass is 9.99. The highest BCUT2D eigenvalue weighted by Crippen LogP contribution is 2.10. The molecule has 2 aromatic rings. The summed E-state index contributed by atoms with van der Waals surface area (Å²) in [7, 11) is 0. The van der Waals surface area contributed by atoms with E-state index in [9.17, 15) is 0 Å². The van der Waals surface area contributed by atoms with E-state index in [1.165, 1.54) is 16.7 Å². The van der Waals surface area contributed by atoms with Crippen molar-refractivity contribution >= 4 is 0 Å². The van der Waals surface area contributed by atoms with Gasteiger partial charge < -0.3 is 5.73 Å². The summed E-state index contributed by atoms with van der Waals surface area (Å²) in [5.41, 5.74) is 10.3. The van der Waals surface area contributed by atoms with Crippen LogP contribution in [0, 0.1) is 6.92 Å². The molecule has 19 heavy (non-hydrogen) atoms. The van der Waals surface area contributed by atoms with Crippen LogP contribution < -0.4 is 5.73 Å². The van der Waals surface area contributed by atoms with E-state index in [4.69, 9.17) is 5.73 Å². The first-order valence-electron chi connectivity index (χ1n) is 7.09. The lowest BCUT2D eigenvalue weighted by Gasteiger charge is -2.11. The molecule has 100 valence electrons. The maximum Gasteiger partial charge on any atom is 0.00451 e.